The van der Waals surface area contributed by atoms with Crippen LogP contribution in [0.3, 0.4) is 0 Å². The first-order valence-corrected chi connectivity index (χ1v) is 8.52. The smallest absolute Gasteiger partial charge is 0.141 e. The molecule has 25 heavy (non-hydrogen) atoms. The number of aryl methyl sites for hydroxylation is 1. The van der Waals surface area contributed by atoms with Gasteiger partial charge < -0.3 is 4.42 Å². The van der Waals surface area contributed by atoms with Crippen LogP contribution in [0, 0.1) is 6.92 Å². The van der Waals surface area contributed by atoms with E-state index in [1.807, 2.05) is 12.3 Å². The van der Waals surface area contributed by atoms with Gasteiger partial charge in [0.25, 0.3) is 0 Å². The van der Waals surface area contributed by atoms with E-state index in [9.17, 15) is 0 Å². The van der Waals surface area contributed by atoms with E-state index in [1.54, 1.807) is 0 Å². The summed E-state index contributed by atoms with van der Waals surface area (Å²) in [6.07, 6.45) is 4.18. The van der Waals surface area contributed by atoms with E-state index < -0.39 is 0 Å². The van der Waals surface area contributed by atoms with Crippen LogP contribution in [-0.4, -0.2) is 6.21 Å². The molecule has 0 fully saturated rings. The number of nitrogens with zero attached hydrogens (tertiary/aromatic N) is 1. The van der Waals surface area contributed by atoms with Gasteiger partial charge in [0.15, 0.2) is 0 Å². The molecule has 0 spiro atoms. The van der Waals surface area contributed by atoms with Gasteiger partial charge in [0.1, 0.15) is 11.2 Å². The highest BCUT2D eigenvalue weighted by Crippen LogP contribution is 2.38. The molecule has 0 N–H and O–H groups in total. The molecule has 3 aromatic carbocycles. The number of allylic oxidation sites excluding steroid dienone is 1. The van der Waals surface area contributed by atoms with Crippen molar-refractivity contribution in [3.05, 3.63) is 89.5 Å². The summed E-state index contributed by atoms with van der Waals surface area (Å²) < 4.78 is 6.26. The summed E-state index contributed by atoms with van der Waals surface area (Å²) in [5, 5.41) is 2.33. The maximum Gasteiger partial charge on any atom is 0.141 e. The minimum atomic E-state index is -0.000209. The number of hydrogen-bond donors (Lipinski definition) is 0. The topological polar surface area (TPSA) is 25.5 Å². The van der Waals surface area contributed by atoms with E-state index in [2.05, 4.69) is 73.7 Å². The number of benzene rings is 3. The van der Waals surface area contributed by atoms with Crippen molar-refractivity contribution in [3.8, 4) is 0 Å². The molecule has 4 aromatic rings. The average molecular weight is 323 g/mol. The minimum absolute atomic E-state index is 0.000209. The second kappa shape index (κ2) is 5.45. The van der Waals surface area contributed by atoms with Crippen molar-refractivity contribution in [1.29, 1.82) is 0 Å². The molecular formula is C23H17NO. The van der Waals surface area contributed by atoms with Crippen LogP contribution < -0.4 is 0 Å². The quantitative estimate of drug-likeness (QED) is 0.437. The van der Waals surface area contributed by atoms with Crippen molar-refractivity contribution >= 4 is 33.7 Å². The summed E-state index contributed by atoms with van der Waals surface area (Å²) in [5.41, 5.74) is 6.56. The summed E-state index contributed by atoms with van der Waals surface area (Å²) in [4.78, 5) is 4.73. The predicted molar refractivity (Wildman–Crippen MR) is 104 cm³/mol. The number of furan rings is 1. The van der Waals surface area contributed by atoms with Crippen LogP contribution in [0.4, 0.5) is 0 Å². The van der Waals surface area contributed by atoms with Crippen LogP contribution in [0.15, 0.2) is 82.2 Å². The molecule has 0 radical (unpaired) electrons. The Bertz CT molecular complexity index is 1150. The van der Waals surface area contributed by atoms with Crippen LogP contribution in [0.25, 0.3) is 27.5 Å². The van der Waals surface area contributed by atoms with Gasteiger partial charge >= 0.3 is 0 Å². The first-order valence-electron chi connectivity index (χ1n) is 8.52. The Labute approximate surface area is 146 Å². The van der Waals surface area contributed by atoms with Crippen LogP contribution >= 0.6 is 0 Å². The van der Waals surface area contributed by atoms with Crippen molar-refractivity contribution in [2.24, 2.45) is 4.99 Å². The predicted octanol–water partition coefficient (Wildman–Crippen LogP) is 6.10. The van der Waals surface area contributed by atoms with Gasteiger partial charge in [0, 0.05) is 22.6 Å². The monoisotopic (exact) mass is 323 g/mol. The summed E-state index contributed by atoms with van der Waals surface area (Å²) in [5.74, 6) is 0. The van der Waals surface area contributed by atoms with Crippen molar-refractivity contribution < 1.29 is 4.42 Å². The van der Waals surface area contributed by atoms with E-state index in [0.717, 1.165) is 33.3 Å². The lowest BCUT2D eigenvalue weighted by Gasteiger charge is -2.05. The molecule has 120 valence electrons. The molecule has 0 aliphatic carbocycles. The van der Waals surface area contributed by atoms with Crippen molar-refractivity contribution in [2.45, 2.75) is 13.0 Å². The van der Waals surface area contributed by atoms with Crippen molar-refractivity contribution in [3.63, 3.8) is 0 Å². The Kier molecular flexibility index (Phi) is 3.10. The molecule has 0 saturated heterocycles. The molecule has 0 amide bonds. The maximum absolute atomic E-state index is 6.26. The van der Waals surface area contributed by atoms with E-state index in [0.29, 0.717) is 0 Å². The Morgan fingerprint density at radius 3 is 2.40 bits per heavy atom. The molecule has 1 aliphatic rings. The number of rotatable bonds is 2. The molecule has 1 aromatic heterocycles. The van der Waals surface area contributed by atoms with E-state index in [1.165, 1.54) is 10.9 Å². The molecule has 1 unspecified atom stereocenters. The first-order chi connectivity index (χ1) is 12.3. The molecule has 2 nitrogen and oxygen atoms in total. The SMILES string of the molecule is Cc1cccc2c1oc1c(C3C=C(c4ccccc4)C=N3)cccc12. The lowest BCUT2D eigenvalue weighted by molar-refractivity contribution is 0.657. The minimum Gasteiger partial charge on any atom is -0.455 e. The summed E-state index contributed by atoms with van der Waals surface area (Å²) in [7, 11) is 0. The van der Waals surface area contributed by atoms with E-state index in [-0.39, 0.29) is 6.04 Å². The molecular weight excluding hydrogens is 306 g/mol. The van der Waals surface area contributed by atoms with Crippen LogP contribution in [0.1, 0.15) is 22.7 Å². The second-order valence-electron chi connectivity index (χ2n) is 6.49. The van der Waals surface area contributed by atoms with E-state index >= 15 is 0 Å². The normalized spacial score (nSPS) is 16.7. The van der Waals surface area contributed by atoms with Crippen LogP contribution in [0.5, 0.6) is 0 Å². The maximum atomic E-state index is 6.26. The van der Waals surface area contributed by atoms with Gasteiger partial charge in [-0.2, -0.15) is 0 Å². The van der Waals surface area contributed by atoms with Gasteiger partial charge in [-0.1, -0.05) is 66.7 Å². The highest BCUT2D eigenvalue weighted by Gasteiger charge is 2.20. The van der Waals surface area contributed by atoms with Gasteiger partial charge in [-0.3, -0.25) is 4.99 Å². The van der Waals surface area contributed by atoms with Crippen LogP contribution in [0.2, 0.25) is 0 Å². The highest BCUT2D eigenvalue weighted by atomic mass is 16.3. The fourth-order valence-electron chi connectivity index (χ4n) is 3.60. The molecule has 1 aliphatic heterocycles. The molecule has 2 heterocycles. The standard InChI is InChI=1S/C23H17NO/c1-15-7-5-10-18-19-11-6-12-20(23(19)25-22(15)18)21-13-17(14-24-21)16-8-3-2-4-9-16/h2-14,21H,1H3. The molecule has 1 atom stereocenters. The lowest BCUT2D eigenvalue weighted by atomic mass is 10.0. The van der Waals surface area contributed by atoms with Crippen LogP contribution in [-0.2, 0) is 0 Å². The zero-order valence-corrected chi connectivity index (χ0v) is 13.9. The molecule has 0 saturated carbocycles. The summed E-state index contributed by atoms with van der Waals surface area (Å²) >= 11 is 0. The van der Waals surface area contributed by atoms with Gasteiger partial charge in [0.2, 0.25) is 0 Å². The third-order valence-electron chi connectivity index (χ3n) is 4.89. The summed E-state index contributed by atoms with van der Waals surface area (Å²) in [6.45, 7) is 2.09. The molecule has 0 bridgehead atoms. The van der Waals surface area contributed by atoms with Gasteiger partial charge in [-0.15, -0.1) is 0 Å². The molecule has 2 heteroatoms. The summed E-state index contributed by atoms with van der Waals surface area (Å²) in [6, 6.07) is 23.0. The van der Waals surface area contributed by atoms with E-state index in [4.69, 9.17) is 9.41 Å². The second-order valence-corrected chi connectivity index (χ2v) is 6.49. The van der Waals surface area contributed by atoms with Gasteiger partial charge in [-0.25, -0.2) is 0 Å². The number of fused-ring (bicyclic) bond motifs is 3. The Hall–Kier alpha value is -3.13. The fourth-order valence-corrected chi connectivity index (χ4v) is 3.60. The van der Waals surface area contributed by atoms with Crippen molar-refractivity contribution in [2.75, 3.05) is 0 Å². The zero-order chi connectivity index (χ0) is 16.8. The molecule has 5 rings (SSSR count). The van der Waals surface area contributed by atoms with Gasteiger partial charge in [0.05, 0.1) is 6.04 Å². The highest BCUT2D eigenvalue weighted by molar-refractivity contribution is 6.12. The Balaban J connectivity index is 1.67. The van der Waals surface area contributed by atoms with Gasteiger partial charge in [-0.05, 0) is 29.7 Å². The first kappa shape index (κ1) is 14.2. The zero-order valence-electron chi connectivity index (χ0n) is 13.9. The fraction of sp³-hybridized carbons (Fsp3) is 0.0870. The third kappa shape index (κ3) is 2.22. The average Bonchev–Trinajstić information content (AvgIpc) is 3.28. The third-order valence-corrected chi connectivity index (χ3v) is 4.89. The Morgan fingerprint density at radius 1 is 0.800 bits per heavy atom. The number of para-hydroxylation sites is 2. The number of hydrogen-bond acceptors (Lipinski definition) is 2. The largest absolute Gasteiger partial charge is 0.455 e. The van der Waals surface area contributed by atoms with Crippen molar-refractivity contribution in [1.82, 2.24) is 0 Å². The Morgan fingerprint density at radius 2 is 1.56 bits per heavy atom. The number of aliphatic imine (C=N–C) groups is 1. The lowest BCUT2D eigenvalue weighted by Crippen LogP contribution is -1.89.